The molecule has 1 amide bonds. The van der Waals surface area contributed by atoms with Gasteiger partial charge in [-0.2, -0.15) is 23.5 Å². The second kappa shape index (κ2) is 89.8. The van der Waals surface area contributed by atoms with E-state index in [1.54, 1.807) is 40.1 Å². The summed E-state index contributed by atoms with van der Waals surface area (Å²) in [4.78, 5) is 19.1. The number of ether oxygens (including phenoxy) is 2. The highest BCUT2D eigenvalue weighted by molar-refractivity contribution is 7.98. The number of hydrogen-bond donors (Lipinski definition) is 2. The number of methoxy groups -OCH3 is 2. The summed E-state index contributed by atoms with van der Waals surface area (Å²) in [5, 5.41) is 5.14. The maximum atomic E-state index is 9.70. The first kappa shape index (κ1) is 51.8. The number of carbonyl (C=O) groups is 2. The fourth-order valence-electron chi connectivity index (χ4n) is 0. The summed E-state index contributed by atoms with van der Waals surface area (Å²) >= 11 is 3.61. The third-order valence-electron chi connectivity index (χ3n) is 1.26. The standard InChI is InChI=1S/C4H8.C3H7NO.C3H8O.C3H6O.C3H8S.C2H7N.C2H6O.C2H6S/c1-3-4-2;1-3(5)4-2;1-3-4-2;1-3(2)4;1-3-4-2;3*1-3-2/h3-4H,1-2H3;1-2H3,(H,4,5);3H2,1-2H3;1-2H3;3H2,1-2H3;3H,1-2H3;2*1-2H3/b4-3-;;;;;;;. The number of allylic oxidation sites excluding steroid dienone is 2. The monoisotopic (exact) mass is 476 g/mol. The van der Waals surface area contributed by atoms with E-state index in [1.165, 1.54) is 26.5 Å². The Morgan fingerprint density at radius 2 is 1.00 bits per heavy atom. The molecule has 0 unspecified atom stereocenters. The molecule has 0 heterocycles. The van der Waals surface area contributed by atoms with Gasteiger partial charge in [0.15, 0.2) is 0 Å². The molecule has 30 heavy (non-hydrogen) atoms. The third-order valence-corrected chi connectivity index (χ3v) is 1.84. The van der Waals surface area contributed by atoms with Gasteiger partial charge in [0, 0.05) is 41.9 Å². The molecule has 0 aromatic carbocycles. The summed E-state index contributed by atoms with van der Waals surface area (Å²) in [5.74, 6) is 1.41. The Bertz CT molecular complexity index is 237. The Morgan fingerprint density at radius 3 is 1.00 bits per heavy atom. The van der Waals surface area contributed by atoms with Gasteiger partial charge in [-0.25, -0.2) is 0 Å². The van der Waals surface area contributed by atoms with Crippen LogP contribution in [0.15, 0.2) is 12.2 Å². The first-order chi connectivity index (χ1) is 14.0. The lowest BCUT2D eigenvalue weighted by Crippen LogP contribution is -2.11. The molecule has 0 fully saturated rings. The maximum Gasteiger partial charge on any atom is 0.216 e. The molecule has 6 nitrogen and oxygen atoms in total. The average molecular weight is 477 g/mol. The Balaban J connectivity index is -0.0000000309. The quantitative estimate of drug-likeness (QED) is 0.541. The number of thioether (sulfide) groups is 2. The zero-order valence-electron chi connectivity index (χ0n) is 23.0. The molecule has 190 valence electrons. The van der Waals surface area contributed by atoms with Crippen molar-refractivity contribution < 1.29 is 19.1 Å². The minimum Gasteiger partial charge on any atom is -0.388 e. The van der Waals surface area contributed by atoms with Crippen molar-refractivity contribution in [2.75, 3.05) is 73.6 Å². The molecular formula is C22H56N2O4S2. The van der Waals surface area contributed by atoms with Crippen LogP contribution >= 0.6 is 23.5 Å². The van der Waals surface area contributed by atoms with Gasteiger partial charge in [0.05, 0.1) is 0 Å². The van der Waals surface area contributed by atoms with E-state index in [2.05, 4.69) is 33.3 Å². The molecule has 0 aliphatic rings. The van der Waals surface area contributed by atoms with Gasteiger partial charge >= 0.3 is 0 Å². The lowest BCUT2D eigenvalue weighted by atomic mass is 10.6. The molecule has 0 saturated heterocycles. The zero-order chi connectivity index (χ0) is 26.2. The van der Waals surface area contributed by atoms with Crippen molar-refractivity contribution in [1.29, 1.82) is 0 Å². The SMILES string of the molecule is C/C=C\C.CC(C)=O.CCOC.CCSC.CNC.CNC(C)=O.COC.CSC. The topological polar surface area (TPSA) is 76.7 Å². The molecule has 0 aliphatic carbocycles. The van der Waals surface area contributed by atoms with Crippen molar-refractivity contribution in [1.82, 2.24) is 10.6 Å². The Kier molecular flexibility index (Phi) is 155. The van der Waals surface area contributed by atoms with Crippen LogP contribution in [0.25, 0.3) is 0 Å². The normalized spacial score (nSPS) is 7.07. The molecular weight excluding hydrogens is 420 g/mol. The van der Waals surface area contributed by atoms with Crippen molar-refractivity contribution in [2.24, 2.45) is 0 Å². The van der Waals surface area contributed by atoms with Crippen LogP contribution in [0.4, 0.5) is 0 Å². The molecule has 0 aliphatic heterocycles. The number of amides is 1. The summed E-state index contributed by atoms with van der Waals surface area (Å²) < 4.78 is 8.79. The third kappa shape index (κ3) is 967. The molecule has 0 bridgehead atoms. The van der Waals surface area contributed by atoms with Gasteiger partial charge in [-0.05, 0) is 73.2 Å². The van der Waals surface area contributed by atoms with Crippen LogP contribution in [0.1, 0.15) is 48.5 Å². The van der Waals surface area contributed by atoms with Gasteiger partial charge in [0.2, 0.25) is 5.91 Å². The van der Waals surface area contributed by atoms with E-state index >= 15 is 0 Å². The van der Waals surface area contributed by atoms with Crippen LogP contribution in [0.5, 0.6) is 0 Å². The highest BCUT2D eigenvalue weighted by Gasteiger charge is 1.72. The van der Waals surface area contributed by atoms with Crippen molar-refractivity contribution in [3.05, 3.63) is 12.2 Å². The molecule has 2 N–H and O–H groups in total. The first-order valence-corrected chi connectivity index (χ1v) is 12.6. The summed E-state index contributed by atoms with van der Waals surface area (Å²) in [6, 6.07) is 0. The maximum absolute atomic E-state index is 9.70. The predicted molar refractivity (Wildman–Crippen MR) is 146 cm³/mol. The molecule has 0 radical (unpaired) electrons. The van der Waals surface area contributed by atoms with Gasteiger partial charge in [-0.1, -0.05) is 19.1 Å². The first-order valence-electron chi connectivity index (χ1n) is 9.59. The second-order valence-corrected chi connectivity index (χ2v) is 6.82. The van der Waals surface area contributed by atoms with Crippen molar-refractivity contribution in [3.63, 3.8) is 0 Å². The Morgan fingerprint density at radius 1 is 0.867 bits per heavy atom. The minimum atomic E-state index is 0.00463. The van der Waals surface area contributed by atoms with Gasteiger partial charge < -0.3 is 24.9 Å². The largest absolute Gasteiger partial charge is 0.388 e. The number of rotatable bonds is 2. The van der Waals surface area contributed by atoms with Gasteiger partial charge in [0.25, 0.3) is 0 Å². The number of carbonyl (C=O) groups excluding carboxylic acids is 2. The van der Waals surface area contributed by atoms with Crippen LogP contribution in [-0.2, 0) is 19.1 Å². The molecule has 0 spiro atoms. The van der Waals surface area contributed by atoms with E-state index in [4.69, 9.17) is 0 Å². The van der Waals surface area contributed by atoms with Gasteiger partial charge in [-0.15, -0.1) is 0 Å². The fourth-order valence-corrected chi connectivity index (χ4v) is 0. The van der Waals surface area contributed by atoms with Crippen LogP contribution in [-0.4, -0.2) is 85.3 Å². The summed E-state index contributed by atoms with van der Waals surface area (Å²) in [6.07, 6.45) is 10.2. The summed E-state index contributed by atoms with van der Waals surface area (Å²) in [7, 11) is 10.3. The lowest BCUT2D eigenvalue weighted by molar-refractivity contribution is -0.118. The van der Waals surface area contributed by atoms with Crippen molar-refractivity contribution >= 4 is 35.2 Å². The van der Waals surface area contributed by atoms with Gasteiger partial charge in [-0.3, -0.25) is 4.79 Å². The smallest absolute Gasteiger partial charge is 0.216 e. The van der Waals surface area contributed by atoms with E-state index in [0.717, 1.165) is 6.61 Å². The Labute approximate surface area is 199 Å². The van der Waals surface area contributed by atoms with Crippen LogP contribution < -0.4 is 10.6 Å². The van der Waals surface area contributed by atoms with E-state index in [-0.39, 0.29) is 11.7 Å². The Hall–Kier alpha value is -0.540. The summed E-state index contributed by atoms with van der Waals surface area (Å²) in [5.41, 5.74) is 0. The van der Waals surface area contributed by atoms with Gasteiger partial charge in [0.1, 0.15) is 5.78 Å². The van der Waals surface area contributed by atoms with E-state index in [1.807, 2.05) is 71.3 Å². The van der Waals surface area contributed by atoms with E-state index in [9.17, 15) is 9.59 Å². The molecule has 8 heteroatoms. The fraction of sp³-hybridized carbons (Fsp3) is 0.818. The van der Waals surface area contributed by atoms with E-state index in [0.29, 0.717) is 0 Å². The van der Waals surface area contributed by atoms with E-state index < -0.39 is 0 Å². The molecule has 0 saturated carbocycles. The average Bonchev–Trinajstić information content (AvgIpc) is 2.70. The van der Waals surface area contributed by atoms with Crippen molar-refractivity contribution in [2.45, 2.75) is 48.5 Å². The molecule has 0 aromatic rings. The molecule has 0 rings (SSSR count). The van der Waals surface area contributed by atoms with Crippen LogP contribution in [0, 0.1) is 0 Å². The summed E-state index contributed by atoms with van der Waals surface area (Å²) in [6.45, 7) is 13.4. The number of hydrogen-bond acceptors (Lipinski definition) is 7. The number of nitrogens with one attached hydrogen (secondary N) is 2. The lowest BCUT2D eigenvalue weighted by Gasteiger charge is -1.80. The number of ketones is 1. The van der Waals surface area contributed by atoms with Crippen molar-refractivity contribution in [3.8, 4) is 0 Å². The highest BCUT2D eigenvalue weighted by atomic mass is 32.2. The van der Waals surface area contributed by atoms with Crippen LogP contribution in [0.3, 0.4) is 0 Å². The minimum absolute atomic E-state index is 0.00463. The highest BCUT2D eigenvalue weighted by Crippen LogP contribution is 1.83. The van der Waals surface area contributed by atoms with Crippen LogP contribution in [0.2, 0.25) is 0 Å². The molecule has 0 aromatic heterocycles. The number of Topliss-reactive ketones (excluding diaryl/α,β-unsaturated/α-hetero) is 1. The molecule has 0 atom stereocenters. The predicted octanol–water partition coefficient (Wildman–Crippen LogP) is 5.03. The zero-order valence-corrected chi connectivity index (χ0v) is 24.7. The second-order valence-electron chi connectivity index (χ2n) is 4.85.